The quantitative estimate of drug-likeness (QED) is 0.900. The molecule has 0 aliphatic rings. The minimum Gasteiger partial charge on any atom is -0.344 e. The van der Waals surface area contributed by atoms with Crippen molar-refractivity contribution in [3.8, 4) is 0 Å². The van der Waals surface area contributed by atoms with Gasteiger partial charge in [0.15, 0.2) is 0 Å². The molecule has 0 bridgehead atoms. The number of nitrogens with zero attached hydrogens (tertiary/aromatic N) is 2. The summed E-state index contributed by atoms with van der Waals surface area (Å²) in [6.07, 6.45) is 3.43. The number of benzene rings is 1. The van der Waals surface area contributed by atoms with Crippen LogP contribution < -0.4 is 5.32 Å². The smallest absolute Gasteiger partial charge is 0.265 e. The SMILES string of the molecule is CCCC(NC(=O)c1cnns1)c1ccccc1. The van der Waals surface area contributed by atoms with Crippen LogP contribution in [0, 0.1) is 0 Å². The van der Waals surface area contributed by atoms with Gasteiger partial charge in [0.1, 0.15) is 4.88 Å². The Morgan fingerprint density at radius 3 is 2.78 bits per heavy atom. The van der Waals surface area contributed by atoms with Crippen LogP contribution in [-0.4, -0.2) is 15.5 Å². The molecule has 5 heteroatoms. The Labute approximate surface area is 110 Å². The summed E-state index contributed by atoms with van der Waals surface area (Å²) in [6.45, 7) is 2.11. The Morgan fingerprint density at radius 2 is 2.17 bits per heavy atom. The average molecular weight is 261 g/mol. The van der Waals surface area contributed by atoms with Gasteiger partial charge in [-0.2, -0.15) is 0 Å². The van der Waals surface area contributed by atoms with Crippen LogP contribution in [0.2, 0.25) is 0 Å². The fraction of sp³-hybridized carbons (Fsp3) is 0.308. The van der Waals surface area contributed by atoms with Crippen molar-refractivity contribution in [2.75, 3.05) is 0 Å². The van der Waals surface area contributed by atoms with Crippen molar-refractivity contribution in [2.24, 2.45) is 0 Å². The van der Waals surface area contributed by atoms with Crippen molar-refractivity contribution >= 4 is 17.4 Å². The molecule has 2 aromatic rings. The van der Waals surface area contributed by atoms with Crippen LogP contribution >= 0.6 is 11.5 Å². The molecular weight excluding hydrogens is 246 g/mol. The second-order valence-corrected chi connectivity index (χ2v) is 4.79. The maximum Gasteiger partial charge on any atom is 0.265 e. The van der Waals surface area contributed by atoms with Gasteiger partial charge in [-0.15, -0.1) is 5.10 Å². The van der Waals surface area contributed by atoms with E-state index in [1.54, 1.807) is 0 Å². The lowest BCUT2D eigenvalue weighted by atomic mass is 10.0. The topological polar surface area (TPSA) is 54.9 Å². The zero-order valence-corrected chi connectivity index (χ0v) is 11.0. The highest BCUT2D eigenvalue weighted by Gasteiger charge is 2.16. The van der Waals surface area contributed by atoms with Crippen LogP contribution in [0.5, 0.6) is 0 Å². The molecule has 0 saturated carbocycles. The monoisotopic (exact) mass is 261 g/mol. The largest absolute Gasteiger partial charge is 0.344 e. The molecule has 1 atom stereocenters. The molecule has 0 aliphatic heterocycles. The van der Waals surface area contributed by atoms with Crippen LogP contribution in [0.1, 0.15) is 41.0 Å². The van der Waals surface area contributed by atoms with Crippen molar-refractivity contribution in [2.45, 2.75) is 25.8 Å². The van der Waals surface area contributed by atoms with E-state index in [2.05, 4.69) is 21.8 Å². The van der Waals surface area contributed by atoms with Gasteiger partial charge in [-0.25, -0.2) is 0 Å². The molecule has 0 radical (unpaired) electrons. The molecule has 4 nitrogen and oxygen atoms in total. The average Bonchev–Trinajstić information content (AvgIpc) is 2.93. The van der Waals surface area contributed by atoms with Gasteiger partial charge in [0.2, 0.25) is 0 Å². The maximum absolute atomic E-state index is 12.0. The first-order chi connectivity index (χ1) is 8.81. The molecule has 1 heterocycles. The molecule has 0 aliphatic carbocycles. The predicted octanol–water partition coefficient (Wildman–Crippen LogP) is 2.81. The molecule has 1 N–H and O–H groups in total. The second-order valence-electron chi connectivity index (χ2n) is 4.01. The molecule has 0 saturated heterocycles. The minimum absolute atomic E-state index is 0.0470. The summed E-state index contributed by atoms with van der Waals surface area (Å²) in [5.74, 6) is -0.104. The molecule has 1 unspecified atom stereocenters. The summed E-state index contributed by atoms with van der Waals surface area (Å²) in [5, 5.41) is 6.71. The molecule has 0 spiro atoms. The fourth-order valence-corrected chi connectivity index (χ4v) is 2.21. The van der Waals surface area contributed by atoms with E-state index in [-0.39, 0.29) is 11.9 Å². The normalized spacial score (nSPS) is 12.1. The Kier molecular flexibility index (Phi) is 4.41. The van der Waals surface area contributed by atoms with Gasteiger partial charge in [0, 0.05) is 0 Å². The number of nitrogens with one attached hydrogen (secondary N) is 1. The number of carbonyl (C=O) groups is 1. The van der Waals surface area contributed by atoms with E-state index in [1.807, 2.05) is 30.3 Å². The van der Waals surface area contributed by atoms with Gasteiger partial charge in [-0.1, -0.05) is 48.2 Å². The van der Waals surface area contributed by atoms with E-state index in [1.165, 1.54) is 6.20 Å². The van der Waals surface area contributed by atoms with Crippen molar-refractivity contribution in [1.29, 1.82) is 0 Å². The lowest BCUT2D eigenvalue weighted by Crippen LogP contribution is -2.27. The number of aromatic nitrogens is 2. The summed E-state index contributed by atoms with van der Waals surface area (Å²) in [5.41, 5.74) is 1.13. The Morgan fingerprint density at radius 1 is 1.39 bits per heavy atom. The van der Waals surface area contributed by atoms with Gasteiger partial charge in [-0.05, 0) is 23.5 Å². The van der Waals surface area contributed by atoms with Crippen LogP contribution in [0.3, 0.4) is 0 Å². The Hall–Kier alpha value is -1.75. The summed E-state index contributed by atoms with van der Waals surface area (Å²) in [7, 11) is 0. The summed E-state index contributed by atoms with van der Waals surface area (Å²) in [6, 6.07) is 10.1. The van der Waals surface area contributed by atoms with Crippen molar-refractivity contribution < 1.29 is 4.79 Å². The molecular formula is C13H15N3OS. The molecule has 18 heavy (non-hydrogen) atoms. The molecule has 1 amide bonds. The molecule has 2 rings (SSSR count). The first-order valence-electron chi connectivity index (χ1n) is 5.94. The van der Waals surface area contributed by atoms with E-state index in [9.17, 15) is 4.79 Å². The highest BCUT2D eigenvalue weighted by Crippen LogP contribution is 2.19. The zero-order valence-electron chi connectivity index (χ0n) is 10.2. The molecule has 0 fully saturated rings. The van der Waals surface area contributed by atoms with E-state index in [0.717, 1.165) is 29.9 Å². The lowest BCUT2D eigenvalue weighted by molar-refractivity contribution is 0.0938. The third-order valence-electron chi connectivity index (χ3n) is 2.67. The Balaban J connectivity index is 2.10. The number of hydrogen-bond acceptors (Lipinski definition) is 4. The first-order valence-corrected chi connectivity index (χ1v) is 6.71. The standard InChI is InChI=1S/C13H15N3OS/c1-2-6-11(10-7-4-3-5-8-10)15-13(17)12-9-14-16-18-12/h3-5,7-9,11H,2,6H2,1H3,(H,15,17). The van der Waals surface area contributed by atoms with Gasteiger partial charge in [0.05, 0.1) is 12.2 Å². The number of rotatable bonds is 5. The summed E-state index contributed by atoms with van der Waals surface area (Å²) in [4.78, 5) is 12.5. The lowest BCUT2D eigenvalue weighted by Gasteiger charge is -2.17. The summed E-state index contributed by atoms with van der Waals surface area (Å²) >= 11 is 1.11. The van der Waals surface area contributed by atoms with Crippen molar-refractivity contribution in [3.05, 3.63) is 47.0 Å². The number of hydrogen-bond donors (Lipinski definition) is 1. The van der Waals surface area contributed by atoms with E-state index >= 15 is 0 Å². The van der Waals surface area contributed by atoms with E-state index in [4.69, 9.17) is 0 Å². The van der Waals surface area contributed by atoms with Crippen molar-refractivity contribution in [1.82, 2.24) is 14.9 Å². The van der Waals surface area contributed by atoms with Gasteiger partial charge >= 0.3 is 0 Å². The van der Waals surface area contributed by atoms with Gasteiger partial charge in [0.25, 0.3) is 5.91 Å². The van der Waals surface area contributed by atoms with Crippen molar-refractivity contribution in [3.63, 3.8) is 0 Å². The first kappa shape index (κ1) is 12.7. The third-order valence-corrected chi connectivity index (χ3v) is 3.33. The van der Waals surface area contributed by atoms with E-state index in [0.29, 0.717) is 4.88 Å². The fourth-order valence-electron chi connectivity index (χ4n) is 1.79. The number of carbonyl (C=O) groups excluding carboxylic acids is 1. The highest BCUT2D eigenvalue weighted by atomic mass is 32.1. The third kappa shape index (κ3) is 3.13. The zero-order chi connectivity index (χ0) is 12.8. The van der Waals surface area contributed by atoms with Crippen LogP contribution in [0.25, 0.3) is 0 Å². The molecule has 1 aromatic heterocycles. The number of amides is 1. The van der Waals surface area contributed by atoms with Crippen LogP contribution in [-0.2, 0) is 0 Å². The molecule has 94 valence electrons. The minimum atomic E-state index is -0.104. The maximum atomic E-state index is 12.0. The van der Waals surface area contributed by atoms with Crippen LogP contribution in [0.15, 0.2) is 36.5 Å². The highest BCUT2D eigenvalue weighted by molar-refractivity contribution is 7.07. The van der Waals surface area contributed by atoms with E-state index < -0.39 is 0 Å². The molecule has 1 aromatic carbocycles. The van der Waals surface area contributed by atoms with Gasteiger partial charge in [-0.3, -0.25) is 4.79 Å². The second kappa shape index (κ2) is 6.26. The van der Waals surface area contributed by atoms with Crippen LogP contribution in [0.4, 0.5) is 0 Å². The Bertz CT molecular complexity index is 484. The predicted molar refractivity (Wildman–Crippen MR) is 71.5 cm³/mol. The van der Waals surface area contributed by atoms with Gasteiger partial charge < -0.3 is 5.32 Å². The summed E-state index contributed by atoms with van der Waals surface area (Å²) < 4.78 is 3.70.